The molecule has 3 amide bonds. The third-order valence-electron chi connectivity index (χ3n) is 6.12. The highest BCUT2D eigenvalue weighted by atomic mass is 19.4. The number of halogens is 3. The number of rotatable bonds is 12. The van der Waals surface area contributed by atoms with Crippen LogP contribution in [0.15, 0.2) is 60.8 Å². The lowest BCUT2D eigenvalue weighted by Gasteiger charge is -2.24. The Bertz CT molecular complexity index is 1330. The monoisotopic (exact) mass is 559 g/mol. The number of nitrogens with zero attached hydrogens (tertiary/aromatic N) is 2. The van der Waals surface area contributed by atoms with Gasteiger partial charge in [-0.2, -0.15) is 13.2 Å². The number of carbonyl (C=O) groups excluding carboxylic acids is 3. The maximum absolute atomic E-state index is 13.7. The number of pyridine rings is 1. The Morgan fingerprint density at radius 1 is 0.950 bits per heavy atom. The van der Waals surface area contributed by atoms with Gasteiger partial charge < -0.3 is 32.7 Å². The number of carbonyl (C=O) groups is 3. The van der Waals surface area contributed by atoms with E-state index < -0.39 is 54.4 Å². The van der Waals surface area contributed by atoms with Gasteiger partial charge in [-0.1, -0.05) is 36.4 Å². The van der Waals surface area contributed by atoms with Crippen LogP contribution < -0.4 is 27.8 Å². The smallest absolute Gasteiger partial charge is 0.343 e. The predicted molar refractivity (Wildman–Crippen MR) is 145 cm³/mol. The number of hydrogen-bond acceptors (Lipinski definition) is 7. The van der Waals surface area contributed by atoms with Gasteiger partial charge in [-0.25, -0.2) is 0 Å². The number of para-hydroxylation sites is 1. The molecule has 0 bridgehead atoms. The van der Waals surface area contributed by atoms with E-state index in [-0.39, 0.29) is 37.4 Å². The summed E-state index contributed by atoms with van der Waals surface area (Å²) >= 11 is 0. The van der Waals surface area contributed by atoms with Crippen molar-refractivity contribution >= 4 is 34.3 Å². The number of amides is 3. The summed E-state index contributed by atoms with van der Waals surface area (Å²) in [4.78, 5) is 44.5. The Kier molecular flexibility index (Phi) is 10.5. The van der Waals surface area contributed by atoms with Crippen LogP contribution in [-0.2, 0) is 27.0 Å². The van der Waals surface area contributed by atoms with Gasteiger partial charge in [0, 0.05) is 38.0 Å². The summed E-state index contributed by atoms with van der Waals surface area (Å²) < 4.78 is 41.0. The quantitative estimate of drug-likeness (QED) is 0.223. The van der Waals surface area contributed by atoms with Crippen molar-refractivity contribution in [2.45, 2.75) is 31.1 Å². The minimum Gasteiger partial charge on any atom is -0.343 e. The van der Waals surface area contributed by atoms with Gasteiger partial charge in [-0.05, 0) is 23.8 Å². The van der Waals surface area contributed by atoms with Crippen LogP contribution in [0.2, 0.25) is 0 Å². The highest BCUT2D eigenvalue weighted by molar-refractivity contribution is 5.99. The molecule has 0 saturated heterocycles. The molecule has 2 aromatic carbocycles. The van der Waals surface area contributed by atoms with Gasteiger partial charge in [0.1, 0.15) is 6.04 Å². The van der Waals surface area contributed by atoms with Crippen molar-refractivity contribution in [1.82, 2.24) is 15.2 Å². The van der Waals surface area contributed by atoms with Crippen molar-refractivity contribution in [1.29, 1.82) is 0 Å². The number of benzene rings is 2. The van der Waals surface area contributed by atoms with Crippen LogP contribution in [0.1, 0.15) is 17.5 Å². The van der Waals surface area contributed by atoms with Crippen LogP contribution in [0.3, 0.4) is 0 Å². The van der Waals surface area contributed by atoms with Gasteiger partial charge in [-0.3, -0.25) is 19.4 Å². The number of fused-ring (bicyclic) bond motifs is 1. The molecule has 0 aliphatic carbocycles. The molecule has 0 aliphatic heterocycles. The Morgan fingerprint density at radius 3 is 2.27 bits per heavy atom. The number of hydrogen-bond donors (Lipinski definition) is 5. The van der Waals surface area contributed by atoms with Crippen LogP contribution in [0.4, 0.5) is 18.9 Å². The van der Waals surface area contributed by atoms with Gasteiger partial charge in [0.2, 0.25) is 17.7 Å². The molecule has 2 unspecified atom stereocenters. The zero-order chi connectivity index (χ0) is 29.3. The molecule has 40 heavy (non-hydrogen) atoms. The van der Waals surface area contributed by atoms with Gasteiger partial charge in [0.15, 0.2) is 0 Å². The lowest BCUT2D eigenvalue weighted by Crippen LogP contribution is -2.52. The maximum atomic E-state index is 13.7. The van der Waals surface area contributed by atoms with E-state index in [4.69, 9.17) is 17.2 Å². The number of anilines is 1. The van der Waals surface area contributed by atoms with Crippen LogP contribution in [0, 0.1) is 0 Å². The second-order valence-electron chi connectivity index (χ2n) is 9.09. The van der Waals surface area contributed by atoms with Gasteiger partial charge in [0.05, 0.1) is 35.4 Å². The van der Waals surface area contributed by atoms with E-state index in [0.717, 1.165) is 11.5 Å². The average molecular weight is 560 g/mol. The van der Waals surface area contributed by atoms with Crippen molar-refractivity contribution in [3.63, 3.8) is 0 Å². The fourth-order valence-corrected chi connectivity index (χ4v) is 4.13. The first kappa shape index (κ1) is 30.5. The van der Waals surface area contributed by atoms with Crippen molar-refractivity contribution in [2.75, 3.05) is 31.5 Å². The molecule has 0 aliphatic rings. The highest BCUT2D eigenvalue weighted by Crippen LogP contribution is 2.32. The Hall–Kier alpha value is -4.07. The zero-order valence-corrected chi connectivity index (χ0v) is 21.7. The topological polar surface area (TPSA) is 169 Å². The van der Waals surface area contributed by atoms with E-state index in [0.29, 0.717) is 5.52 Å². The Balaban J connectivity index is 1.83. The minimum absolute atomic E-state index is 0.178. The molecule has 0 spiro atoms. The molecule has 2 atom stereocenters. The van der Waals surface area contributed by atoms with Crippen molar-refractivity contribution in [2.24, 2.45) is 17.2 Å². The zero-order valence-electron chi connectivity index (χ0n) is 21.7. The highest BCUT2D eigenvalue weighted by Gasteiger charge is 2.35. The number of aromatic nitrogens is 1. The molecule has 214 valence electrons. The van der Waals surface area contributed by atoms with Gasteiger partial charge in [-0.15, -0.1) is 0 Å². The van der Waals surface area contributed by atoms with Gasteiger partial charge in [0.25, 0.3) is 0 Å². The van der Waals surface area contributed by atoms with Crippen LogP contribution in [0.5, 0.6) is 0 Å². The first-order valence-electron chi connectivity index (χ1n) is 12.6. The summed E-state index contributed by atoms with van der Waals surface area (Å²) in [5.41, 5.74) is 16.8. The molecule has 0 radical (unpaired) electrons. The summed E-state index contributed by atoms with van der Waals surface area (Å²) in [6.45, 7) is 0.780. The minimum atomic E-state index is -4.68. The molecule has 0 saturated carbocycles. The molecule has 3 rings (SSSR count). The fourth-order valence-electron chi connectivity index (χ4n) is 4.13. The van der Waals surface area contributed by atoms with E-state index in [2.05, 4.69) is 15.6 Å². The van der Waals surface area contributed by atoms with E-state index in [1.54, 1.807) is 30.3 Å². The van der Waals surface area contributed by atoms with Crippen molar-refractivity contribution < 1.29 is 27.6 Å². The molecular formula is C27H32F3N7O3. The second kappa shape index (κ2) is 13.8. The van der Waals surface area contributed by atoms with E-state index in [1.807, 2.05) is 0 Å². The molecule has 0 fully saturated rings. The van der Waals surface area contributed by atoms with E-state index in [9.17, 15) is 27.6 Å². The fraction of sp³-hybridized carbons (Fsp3) is 0.333. The largest absolute Gasteiger partial charge is 0.416 e. The lowest BCUT2D eigenvalue weighted by molar-refractivity contribution is -0.138. The average Bonchev–Trinajstić information content (AvgIpc) is 2.92. The number of nitrogens with one attached hydrogen (secondary N) is 2. The Labute approximate surface area is 229 Å². The summed E-state index contributed by atoms with van der Waals surface area (Å²) in [5.74, 6) is -2.13. The molecular weight excluding hydrogens is 527 g/mol. The van der Waals surface area contributed by atoms with Crippen LogP contribution >= 0.6 is 0 Å². The molecule has 8 N–H and O–H groups in total. The number of alkyl halides is 3. The summed E-state index contributed by atoms with van der Waals surface area (Å²) in [7, 11) is 0. The molecule has 1 heterocycles. The van der Waals surface area contributed by atoms with Gasteiger partial charge >= 0.3 is 6.18 Å². The Morgan fingerprint density at radius 2 is 1.60 bits per heavy atom. The molecule has 1 aromatic heterocycles. The molecule has 10 nitrogen and oxygen atoms in total. The molecule has 13 heteroatoms. The normalized spacial score (nSPS) is 12.9. The first-order chi connectivity index (χ1) is 19.0. The lowest BCUT2D eigenvalue weighted by atomic mass is 9.98. The number of nitrogens with two attached hydrogens (primary N) is 3. The second-order valence-corrected chi connectivity index (χ2v) is 9.09. The standard InChI is InChI=1S/C27H32F3N7O3/c28-27(29,30)20-7-3-1-5-17(20)14-23(26(40)35-19-13-18-6-2-4-8-22(18)34-16-19)36-25(39)21(33)15-24(38)37(11-9-31)12-10-32/h1-8,13,16,21,23H,9-12,14-15,31-33H2,(H,35,40)(H,36,39). The SMILES string of the molecule is NCCN(CCN)C(=O)CC(N)C(=O)NC(Cc1ccccc1C(F)(F)F)C(=O)Nc1cnc2ccccc2c1. The summed E-state index contributed by atoms with van der Waals surface area (Å²) in [6, 6.07) is 10.7. The van der Waals surface area contributed by atoms with Crippen molar-refractivity contribution in [3.05, 3.63) is 71.9 Å². The third kappa shape index (κ3) is 8.21. The maximum Gasteiger partial charge on any atom is 0.416 e. The van der Waals surface area contributed by atoms with E-state index in [1.165, 1.54) is 29.3 Å². The van der Waals surface area contributed by atoms with Crippen molar-refractivity contribution in [3.8, 4) is 0 Å². The van der Waals surface area contributed by atoms with E-state index >= 15 is 0 Å². The first-order valence-corrected chi connectivity index (χ1v) is 12.6. The summed E-state index contributed by atoms with van der Waals surface area (Å²) in [6.07, 6.45) is -4.17. The third-order valence-corrected chi connectivity index (χ3v) is 6.12. The summed E-state index contributed by atoms with van der Waals surface area (Å²) in [5, 5.41) is 5.76. The van der Waals surface area contributed by atoms with Crippen LogP contribution in [0.25, 0.3) is 10.9 Å². The predicted octanol–water partition coefficient (Wildman–Crippen LogP) is 1.38. The molecule has 3 aromatic rings. The van der Waals surface area contributed by atoms with Crippen LogP contribution in [-0.4, -0.2) is 65.9 Å².